The Hall–Kier alpha value is -3.63. The van der Waals surface area contributed by atoms with Crippen molar-refractivity contribution in [1.29, 1.82) is 0 Å². The average Bonchev–Trinajstić information content (AvgIpc) is 3.67. The molecule has 1 aromatic heterocycles. The molecule has 2 heterocycles. The summed E-state index contributed by atoms with van der Waals surface area (Å²) < 4.78 is 42.8. The zero-order valence-electron chi connectivity index (χ0n) is 21.0. The molecule has 0 N–H and O–H groups in total. The lowest BCUT2D eigenvalue weighted by atomic mass is 10.0. The van der Waals surface area contributed by atoms with Crippen molar-refractivity contribution in [3.63, 3.8) is 0 Å². The number of benzene rings is 2. The molecule has 210 valence electrons. The van der Waals surface area contributed by atoms with Gasteiger partial charge in [-0.15, -0.1) is 0 Å². The molecule has 2 aromatic carbocycles. The molecule has 2 aliphatic rings. The van der Waals surface area contributed by atoms with Crippen LogP contribution in [0.2, 0.25) is 10.0 Å². The van der Waals surface area contributed by atoms with E-state index in [4.69, 9.17) is 32.7 Å². The van der Waals surface area contributed by atoms with Crippen molar-refractivity contribution in [1.82, 2.24) is 0 Å². The fourth-order valence-electron chi connectivity index (χ4n) is 4.48. The summed E-state index contributed by atoms with van der Waals surface area (Å²) in [5.41, 5.74) is 2.15. The van der Waals surface area contributed by atoms with Crippen LogP contribution in [-0.2, 0) is 27.2 Å². The number of amides is 1. The maximum atomic E-state index is 13.2. The largest absolute Gasteiger partial charge is 0.619 e. The molecule has 12 heteroatoms. The van der Waals surface area contributed by atoms with Gasteiger partial charge in [0.1, 0.15) is 22.7 Å². The van der Waals surface area contributed by atoms with Gasteiger partial charge >= 0.3 is 12.6 Å². The molecule has 1 amide bonds. The third-order valence-corrected chi connectivity index (χ3v) is 7.31. The van der Waals surface area contributed by atoms with E-state index < -0.39 is 18.7 Å². The molecular weight excluding hydrogens is 569 g/mol. The lowest BCUT2D eigenvalue weighted by Crippen LogP contribution is -2.34. The third-order valence-electron chi connectivity index (χ3n) is 6.66. The van der Waals surface area contributed by atoms with Crippen LogP contribution in [-0.4, -0.2) is 31.6 Å². The Kier molecular flexibility index (Phi) is 8.27. The Morgan fingerprint density at radius 1 is 1.10 bits per heavy atom. The van der Waals surface area contributed by atoms with Crippen molar-refractivity contribution in [3.8, 4) is 11.5 Å². The van der Waals surface area contributed by atoms with Crippen LogP contribution in [0.4, 0.5) is 14.5 Å². The lowest BCUT2D eigenvalue weighted by molar-refractivity contribution is -0.605. The number of carbonyl (C=O) groups excluding carboxylic acids is 2. The monoisotopic (exact) mass is 592 g/mol. The van der Waals surface area contributed by atoms with E-state index in [1.54, 1.807) is 12.1 Å². The lowest BCUT2D eigenvalue weighted by Gasteiger charge is -2.23. The minimum Gasteiger partial charge on any atom is -0.619 e. The molecule has 5 rings (SSSR count). The van der Waals surface area contributed by atoms with Gasteiger partial charge in [-0.1, -0.05) is 47.5 Å². The van der Waals surface area contributed by atoms with E-state index in [1.165, 1.54) is 23.1 Å². The number of esters is 1. The minimum atomic E-state index is -3.07. The Morgan fingerprint density at radius 2 is 1.82 bits per heavy atom. The highest BCUT2D eigenvalue weighted by Gasteiger charge is 2.31. The van der Waals surface area contributed by atoms with Crippen LogP contribution in [0.5, 0.6) is 11.5 Å². The highest BCUT2D eigenvalue weighted by Crippen LogP contribution is 2.38. The van der Waals surface area contributed by atoms with Gasteiger partial charge in [0.2, 0.25) is 5.91 Å². The molecule has 0 bridgehead atoms. The summed E-state index contributed by atoms with van der Waals surface area (Å²) in [6.07, 6.45) is 3.29. The Balaban J connectivity index is 1.44. The topological polar surface area (TPSA) is 92.0 Å². The Labute approximate surface area is 238 Å². The molecule has 1 atom stereocenters. The summed E-state index contributed by atoms with van der Waals surface area (Å²) in [5.74, 6) is -0.721. The first-order valence-corrected chi connectivity index (χ1v) is 13.3. The number of carbonyl (C=O) groups is 2. The SMILES string of the molecule is O=C(CN1C(=O)Cc2ccccc21)O[C@@H](Cc1c(Cl)c[n+]([O-])cc1Cl)c1ccc(OC(F)F)c(OCC2CC2)c1. The molecule has 1 fully saturated rings. The number of aromatic nitrogens is 1. The number of rotatable bonds is 11. The van der Waals surface area contributed by atoms with Gasteiger partial charge in [0, 0.05) is 17.7 Å². The first-order chi connectivity index (χ1) is 19.2. The van der Waals surface area contributed by atoms with Crippen LogP contribution in [0.25, 0.3) is 0 Å². The van der Waals surface area contributed by atoms with Crippen molar-refractivity contribution >= 4 is 40.8 Å². The normalized spacial score (nSPS) is 15.2. The van der Waals surface area contributed by atoms with Crippen molar-refractivity contribution < 1.29 is 37.3 Å². The maximum Gasteiger partial charge on any atom is 0.387 e. The van der Waals surface area contributed by atoms with Crippen LogP contribution in [0, 0.1) is 11.1 Å². The number of fused-ring (bicyclic) bond motifs is 1. The van der Waals surface area contributed by atoms with Crippen LogP contribution < -0.4 is 19.1 Å². The van der Waals surface area contributed by atoms with Crippen molar-refractivity contribution in [3.05, 3.63) is 86.8 Å². The van der Waals surface area contributed by atoms with Gasteiger partial charge in [-0.05, 0) is 48.1 Å². The highest BCUT2D eigenvalue weighted by molar-refractivity contribution is 6.35. The van der Waals surface area contributed by atoms with Crippen LogP contribution >= 0.6 is 23.2 Å². The van der Waals surface area contributed by atoms with Gasteiger partial charge in [0.25, 0.3) is 0 Å². The maximum absolute atomic E-state index is 13.2. The van der Waals surface area contributed by atoms with E-state index >= 15 is 0 Å². The van der Waals surface area contributed by atoms with Gasteiger partial charge in [-0.25, -0.2) is 0 Å². The van der Waals surface area contributed by atoms with E-state index in [-0.39, 0.29) is 46.8 Å². The number of halogens is 4. The van der Waals surface area contributed by atoms with Crippen LogP contribution in [0.15, 0.2) is 54.9 Å². The zero-order chi connectivity index (χ0) is 28.4. The van der Waals surface area contributed by atoms with Gasteiger partial charge < -0.3 is 24.3 Å². The number of nitrogens with zero attached hydrogens (tertiary/aromatic N) is 2. The van der Waals surface area contributed by atoms with Crippen LogP contribution in [0.3, 0.4) is 0 Å². The highest BCUT2D eigenvalue weighted by atomic mass is 35.5. The minimum absolute atomic E-state index is 0.0497. The second kappa shape index (κ2) is 11.9. The number of alkyl halides is 2. The number of anilines is 1. The van der Waals surface area contributed by atoms with E-state index in [2.05, 4.69) is 4.74 Å². The van der Waals surface area contributed by atoms with E-state index in [1.807, 2.05) is 12.1 Å². The van der Waals surface area contributed by atoms with Crippen molar-refractivity contribution in [2.75, 3.05) is 18.1 Å². The first-order valence-electron chi connectivity index (χ1n) is 12.5. The molecule has 1 aliphatic carbocycles. The fraction of sp³-hybridized carbons (Fsp3) is 0.321. The second-order valence-corrected chi connectivity index (χ2v) is 10.4. The van der Waals surface area contributed by atoms with E-state index in [0.29, 0.717) is 34.1 Å². The molecule has 3 aromatic rings. The predicted molar refractivity (Wildman–Crippen MR) is 142 cm³/mol. The molecule has 1 saturated carbocycles. The number of hydrogen-bond acceptors (Lipinski definition) is 6. The summed E-state index contributed by atoms with van der Waals surface area (Å²) >= 11 is 12.6. The van der Waals surface area contributed by atoms with Crippen molar-refractivity contribution in [2.24, 2.45) is 5.92 Å². The van der Waals surface area contributed by atoms with Gasteiger partial charge in [0.15, 0.2) is 23.9 Å². The summed E-state index contributed by atoms with van der Waals surface area (Å²) in [6.45, 7) is -3.09. The molecule has 0 radical (unpaired) electrons. The van der Waals surface area contributed by atoms with Gasteiger partial charge in [0.05, 0.1) is 13.0 Å². The fourth-order valence-corrected chi connectivity index (χ4v) is 5.08. The Morgan fingerprint density at radius 3 is 2.52 bits per heavy atom. The quantitative estimate of drug-likeness (QED) is 0.167. The molecule has 40 heavy (non-hydrogen) atoms. The summed E-state index contributed by atoms with van der Waals surface area (Å²) in [4.78, 5) is 27.1. The van der Waals surface area contributed by atoms with E-state index in [0.717, 1.165) is 30.8 Å². The molecule has 0 saturated heterocycles. The zero-order valence-corrected chi connectivity index (χ0v) is 22.5. The number of ether oxygens (including phenoxy) is 3. The van der Waals surface area contributed by atoms with Crippen LogP contribution in [0.1, 0.15) is 35.6 Å². The average molecular weight is 593 g/mol. The van der Waals surface area contributed by atoms with E-state index in [9.17, 15) is 23.6 Å². The molecular formula is C28H24Cl2F2N2O6. The predicted octanol–water partition coefficient (Wildman–Crippen LogP) is 5.43. The standard InChI is InChI=1S/C28H24Cl2F2N2O6/c29-20-12-33(37)13-21(30)19(20)11-24(39-27(36)14-34-22-4-2-1-3-17(22)10-26(34)35)18-7-8-23(40-28(31)32)25(9-18)38-15-16-5-6-16/h1-4,7-9,12-13,16,24,28H,5-6,10-11,14-15H2/t24-/m0/s1. The molecule has 8 nitrogen and oxygen atoms in total. The molecule has 0 unspecified atom stereocenters. The van der Waals surface area contributed by atoms with Gasteiger partial charge in [-0.2, -0.15) is 13.5 Å². The van der Waals surface area contributed by atoms with Crippen molar-refractivity contribution in [2.45, 2.75) is 38.4 Å². The summed E-state index contributed by atoms with van der Waals surface area (Å²) in [7, 11) is 0. The number of pyridine rings is 1. The molecule has 0 spiro atoms. The number of hydrogen-bond donors (Lipinski definition) is 0. The second-order valence-electron chi connectivity index (χ2n) is 9.60. The molecule has 1 aliphatic heterocycles. The van der Waals surface area contributed by atoms with Gasteiger partial charge in [-0.3, -0.25) is 9.59 Å². The summed E-state index contributed by atoms with van der Waals surface area (Å²) in [5, 5.41) is 11.9. The Bertz CT molecular complexity index is 1410. The number of para-hydroxylation sites is 1. The third kappa shape index (κ3) is 6.56. The first kappa shape index (κ1) is 27.9. The summed E-state index contributed by atoms with van der Waals surface area (Å²) in [6, 6.07) is 11.4. The smallest absolute Gasteiger partial charge is 0.387 e.